The summed E-state index contributed by atoms with van der Waals surface area (Å²) in [5.41, 5.74) is 5.91. The summed E-state index contributed by atoms with van der Waals surface area (Å²) in [5, 5.41) is 0. The highest BCUT2D eigenvalue weighted by Gasteiger charge is 2.30. The Morgan fingerprint density at radius 1 is 0.571 bits per heavy atom. The average molecular weight is 611 g/mol. The highest BCUT2D eigenvalue weighted by Crippen LogP contribution is 2.34. The van der Waals surface area contributed by atoms with E-state index in [-0.39, 0.29) is 0 Å². The molecule has 7 aromatic rings. The molecule has 0 spiro atoms. The van der Waals surface area contributed by atoms with Gasteiger partial charge in [0.2, 0.25) is 0 Å². The van der Waals surface area contributed by atoms with Crippen LogP contribution < -0.4 is 9.06 Å². The van der Waals surface area contributed by atoms with Gasteiger partial charge in [0.1, 0.15) is 11.0 Å². The first-order valence-electron chi connectivity index (χ1n) is 13.1. The maximum atomic E-state index is 13.0. The van der Waals surface area contributed by atoms with E-state index in [1.54, 1.807) is 22.7 Å². The molecule has 2 nitrogen and oxygen atoms in total. The van der Waals surface area contributed by atoms with Gasteiger partial charge >= 0.3 is 6.18 Å². The Kier molecular flexibility index (Phi) is 6.77. The Labute approximate surface area is 251 Å². The number of nitrogens with zero attached hydrogens (tertiary/aromatic N) is 2. The summed E-state index contributed by atoms with van der Waals surface area (Å²) in [5.74, 6) is 0. The third kappa shape index (κ3) is 5.29. The van der Waals surface area contributed by atoms with Crippen LogP contribution in [0.2, 0.25) is 0 Å². The number of aryl methyl sites for hydroxylation is 1. The maximum absolute atomic E-state index is 13.0. The van der Waals surface area contributed by atoms with Crippen LogP contribution in [0, 0.1) is 6.92 Å². The summed E-state index contributed by atoms with van der Waals surface area (Å²) in [6.07, 6.45) is -0.0746. The smallest absolute Gasteiger partial charge is 0.243 e. The molecule has 0 unspecified atom stereocenters. The van der Waals surface area contributed by atoms with Crippen molar-refractivity contribution in [3.63, 3.8) is 0 Å². The molecule has 0 N–H and O–H groups in total. The molecule has 42 heavy (non-hydrogen) atoms. The van der Waals surface area contributed by atoms with Crippen molar-refractivity contribution in [2.45, 2.75) is 13.1 Å². The SMILES string of the molecule is Cc1ccc(-c2ccc(/C=c3\s/c(=C\c4ccc(-c5ccc(C(F)(F)F)cc5)s4)c4nc5ccccc5nc34)s2)cc1. The van der Waals surface area contributed by atoms with Gasteiger partial charge in [-0.05, 0) is 78.7 Å². The van der Waals surface area contributed by atoms with Crippen molar-refractivity contribution in [2.75, 3.05) is 0 Å². The Morgan fingerprint density at radius 3 is 1.52 bits per heavy atom. The number of aromatic nitrogens is 2. The first-order valence-corrected chi connectivity index (χ1v) is 15.6. The van der Waals surface area contributed by atoms with Gasteiger partial charge in [-0.15, -0.1) is 34.0 Å². The molecule has 0 fully saturated rings. The quantitative estimate of drug-likeness (QED) is 0.199. The number of para-hydroxylation sites is 2. The van der Waals surface area contributed by atoms with E-state index in [1.807, 2.05) is 36.4 Å². The monoisotopic (exact) mass is 610 g/mol. The second-order valence-corrected chi connectivity index (χ2v) is 13.2. The number of hydrogen-bond donors (Lipinski definition) is 0. The van der Waals surface area contributed by atoms with Gasteiger partial charge < -0.3 is 0 Å². The largest absolute Gasteiger partial charge is 0.416 e. The van der Waals surface area contributed by atoms with Crippen molar-refractivity contribution >= 4 is 68.2 Å². The molecule has 0 saturated carbocycles. The van der Waals surface area contributed by atoms with Crippen LogP contribution in [0.3, 0.4) is 0 Å². The standard InChI is InChI=1S/C34H21F3N2S3/c1-20-6-8-21(9-7-20)28-16-14-24(40-28)18-30-32-33(39-27-5-3-2-4-26(27)38-32)31(42-30)19-25-15-17-29(41-25)22-10-12-23(13-11-22)34(35,36)37/h2-19H,1H3/b30-18-,31-19-. The lowest BCUT2D eigenvalue weighted by molar-refractivity contribution is -0.137. The summed E-state index contributed by atoms with van der Waals surface area (Å²) in [6, 6.07) is 29.9. The van der Waals surface area contributed by atoms with Crippen molar-refractivity contribution in [3.05, 3.63) is 127 Å². The van der Waals surface area contributed by atoms with Crippen LogP contribution in [-0.2, 0) is 6.18 Å². The molecule has 3 aromatic carbocycles. The van der Waals surface area contributed by atoms with E-state index in [2.05, 4.69) is 55.5 Å². The second-order valence-electron chi connectivity index (χ2n) is 9.87. The van der Waals surface area contributed by atoms with E-state index < -0.39 is 11.7 Å². The molecule has 0 aliphatic heterocycles. The minimum atomic E-state index is -4.35. The van der Waals surface area contributed by atoms with E-state index in [0.29, 0.717) is 0 Å². The molecule has 8 heteroatoms. The molecule has 7 rings (SSSR count). The molecule has 0 saturated heterocycles. The molecule has 0 aliphatic rings. The van der Waals surface area contributed by atoms with Gasteiger partial charge in [-0.1, -0.05) is 54.1 Å². The summed E-state index contributed by atoms with van der Waals surface area (Å²) < 4.78 is 41.1. The molecule has 0 aliphatic carbocycles. The van der Waals surface area contributed by atoms with Crippen LogP contribution in [0.4, 0.5) is 13.2 Å². The lowest BCUT2D eigenvalue weighted by atomic mass is 10.1. The van der Waals surface area contributed by atoms with Crippen LogP contribution in [0.5, 0.6) is 0 Å². The molecule has 0 amide bonds. The van der Waals surface area contributed by atoms with Crippen molar-refractivity contribution in [2.24, 2.45) is 0 Å². The van der Waals surface area contributed by atoms with Gasteiger partial charge in [0, 0.05) is 19.5 Å². The zero-order valence-electron chi connectivity index (χ0n) is 22.1. The minimum absolute atomic E-state index is 0.647. The number of rotatable bonds is 4. The number of fused-ring (bicyclic) bond motifs is 2. The predicted octanol–water partition coefficient (Wildman–Crippen LogP) is 9.29. The highest BCUT2D eigenvalue weighted by atomic mass is 32.1. The molecule has 4 aromatic heterocycles. The number of halogens is 3. The lowest BCUT2D eigenvalue weighted by Crippen LogP contribution is -2.03. The third-order valence-corrected chi connectivity index (χ3v) is 10.1. The predicted molar refractivity (Wildman–Crippen MR) is 171 cm³/mol. The summed E-state index contributed by atoms with van der Waals surface area (Å²) in [6.45, 7) is 2.09. The Balaban J connectivity index is 1.32. The van der Waals surface area contributed by atoms with E-state index in [0.717, 1.165) is 63.5 Å². The Morgan fingerprint density at radius 2 is 1.05 bits per heavy atom. The second kappa shape index (κ2) is 10.6. The normalized spacial score (nSPS) is 13.0. The zero-order valence-corrected chi connectivity index (χ0v) is 24.6. The number of benzene rings is 3. The molecule has 0 bridgehead atoms. The van der Waals surface area contributed by atoms with Crippen LogP contribution in [0.15, 0.2) is 97.1 Å². The topological polar surface area (TPSA) is 25.8 Å². The van der Waals surface area contributed by atoms with Gasteiger partial charge in [-0.25, -0.2) is 9.97 Å². The zero-order chi connectivity index (χ0) is 28.8. The molecular weight excluding hydrogens is 590 g/mol. The molecule has 0 radical (unpaired) electrons. The summed E-state index contributed by atoms with van der Waals surface area (Å²) in [4.78, 5) is 14.2. The van der Waals surface area contributed by atoms with Crippen molar-refractivity contribution in [1.82, 2.24) is 9.97 Å². The van der Waals surface area contributed by atoms with E-state index >= 15 is 0 Å². The van der Waals surface area contributed by atoms with Crippen molar-refractivity contribution in [3.8, 4) is 20.9 Å². The number of hydrogen-bond acceptors (Lipinski definition) is 5. The van der Waals surface area contributed by atoms with Crippen LogP contribution in [0.1, 0.15) is 20.9 Å². The number of alkyl halides is 3. The van der Waals surface area contributed by atoms with Crippen LogP contribution >= 0.6 is 34.0 Å². The fourth-order valence-corrected chi connectivity index (χ4v) is 7.87. The highest BCUT2D eigenvalue weighted by molar-refractivity contribution is 7.17. The van der Waals surface area contributed by atoms with Gasteiger partial charge in [-0.2, -0.15) is 13.2 Å². The molecule has 4 heterocycles. The van der Waals surface area contributed by atoms with Crippen LogP contribution in [0.25, 0.3) is 55.1 Å². The maximum Gasteiger partial charge on any atom is 0.416 e. The number of thiophene rings is 3. The van der Waals surface area contributed by atoms with E-state index in [9.17, 15) is 13.2 Å². The van der Waals surface area contributed by atoms with Crippen molar-refractivity contribution < 1.29 is 13.2 Å². The van der Waals surface area contributed by atoms with Gasteiger partial charge in [0.15, 0.2) is 0 Å². The molecule has 206 valence electrons. The van der Waals surface area contributed by atoms with Gasteiger partial charge in [0.05, 0.1) is 25.7 Å². The lowest BCUT2D eigenvalue weighted by Gasteiger charge is -2.06. The first-order chi connectivity index (χ1) is 20.3. The fraction of sp³-hybridized carbons (Fsp3) is 0.0588. The Hall–Kier alpha value is -4.11. The molecular formula is C34H21F3N2S3. The Bertz CT molecular complexity index is 2190. The van der Waals surface area contributed by atoms with Gasteiger partial charge in [-0.3, -0.25) is 0 Å². The third-order valence-electron chi connectivity index (χ3n) is 6.89. The molecule has 0 atom stereocenters. The summed E-state index contributed by atoms with van der Waals surface area (Å²) >= 11 is 4.92. The van der Waals surface area contributed by atoms with Gasteiger partial charge in [0.25, 0.3) is 0 Å². The van der Waals surface area contributed by atoms with Crippen molar-refractivity contribution in [1.29, 1.82) is 0 Å². The fourth-order valence-electron chi connectivity index (χ4n) is 4.73. The average Bonchev–Trinajstić information content (AvgIpc) is 3.72. The van der Waals surface area contributed by atoms with E-state index in [4.69, 9.17) is 9.97 Å². The van der Waals surface area contributed by atoms with Crippen LogP contribution in [-0.4, -0.2) is 9.97 Å². The minimum Gasteiger partial charge on any atom is -0.243 e. The first kappa shape index (κ1) is 26.8. The van der Waals surface area contributed by atoms with E-state index in [1.165, 1.54) is 39.5 Å². The summed E-state index contributed by atoms with van der Waals surface area (Å²) in [7, 11) is 0.